The lowest BCUT2D eigenvalue weighted by molar-refractivity contribution is 0.171. The molecule has 16 heavy (non-hydrogen) atoms. The van der Waals surface area contributed by atoms with Gasteiger partial charge in [0.05, 0.1) is 12.6 Å². The van der Waals surface area contributed by atoms with E-state index in [0.29, 0.717) is 5.92 Å². The number of aliphatic hydroxyl groups excluding tert-OH is 1. The molecular weight excluding hydrogens is 202 g/mol. The second-order valence-electron chi connectivity index (χ2n) is 5.30. The molecule has 0 aromatic carbocycles. The lowest BCUT2D eigenvalue weighted by atomic mass is 10.3. The summed E-state index contributed by atoms with van der Waals surface area (Å²) in [6, 6.07) is 4.21. The van der Waals surface area contributed by atoms with Crippen molar-refractivity contribution in [2.24, 2.45) is 5.92 Å². The van der Waals surface area contributed by atoms with Gasteiger partial charge in [-0.3, -0.25) is 4.90 Å². The van der Waals surface area contributed by atoms with Crippen molar-refractivity contribution in [3.63, 3.8) is 0 Å². The van der Waals surface area contributed by atoms with Crippen LogP contribution in [-0.4, -0.2) is 29.2 Å². The number of hydrogen-bond donors (Lipinski definition) is 1. The Morgan fingerprint density at radius 1 is 1.50 bits per heavy atom. The number of β-amino-alcohol motifs (C(OH)–C–C–N with tert-alkyl or cyclic N) is 1. The molecule has 2 heterocycles. The first-order chi connectivity index (χ1) is 7.72. The Kier molecular flexibility index (Phi) is 2.52. The zero-order valence-electron chi connectivity index (χ0n) is 9.72. The standard InChI is InChI=1S/C13H19NO2/c1-9-6-12(9)13-3-2-11(16-13)8-14-5-4-10(15)7-14/h2-3,9-10,12,15H,4-8H2,1H3/t9?,10-,12?/m0/s1. The lowest BCUT2D eigenvalue weighted by Crippen LogP contribution is -2.21. The van der Waals surface area contributed by atoms with Crippen molar-refractivity contribution in [1.82, 2.24) is 4.90 Å². The van der Waals surface area contributed by atoms with E-state index in [9.17, 15) is 5.11 Å². The molecule has 0 radical (unpaired) electrons. The van der Waals surface area contributed by atoms with E-state index in [4.69, 9.17) is 4.42 Å². The van der Waals surface area contributed by atoms with Gasteiger partial charge in [0.2, 0.25) is 0 Å². The van der Waals surface area contributed by atoms with Crippen molar-refractivity contribution in [2.75, 3.05) is 13.1 Å². The Balaban J connectivity index is 1.60. The van der Waals surface area contributed by atoms with Crippen LogP contribution in [0.1, 0.15) is 37.2 Å². The Morgan fingerprint density at radius 3 is 2.94 bits per heavy atom. The fourth-order valence-corrected chi connectivity index (χ4v) is 2.57. The van der Waals surface area contributed by atoms with Gasteiger partial charge in [-0.2, -0.15) is 0 Å². The normalized spacial score (nSPS) is 34.5. The maximum atomic E-state index is 9.44. The van der Waals surface area contributed by atoms with E-state index < -0.39 is 0 Å². The second kappa shape index (κ2) is 3.90. The number of furan rings is 1. The van der Waals surface area contributed by atoms with Crippen molar-refractivity contribution in [3.05, 3.63) is 23.7 Å². The van der Waals surface area contributed by atoms with Gasteiger partial charge >= 0.3 is 0 Å². The van der Waals surface area contributed by atoms with Crippen molar-refractivity contribution in [1.29, 1.82) is 0 Å². The minimum Gasteiger partial charge on any atom is -0.464 e. The molecule has 1 saturated carbocycles. The molecule has 88 valence electrons. The van der Waals surface area contributed by atoms with Crippen LogP contribution in [0.2, 0.25) is 0 Å². The highest BCUT2D eigenvalue weighted by Crippen LogP contribution is 2.47. The Labute approximate surface area is 96.1 Å². The summed E-state index contributed by atoms with van der Waals surface area (Å²) in [7, 11) is 0. The Hall–Kier alpha value is -0.800. The molecule has 2 aliphatic rings. The minimum atomic E-state index is -0.141. The number of nitrogens with zero attached hydrogens (tertiary/aromatic N) is 1. The molecule has 1 aliphatic heterocycles. The highest BCUT2D eigenvalue weighted by atomic mass is 16.3. The molecule has 1 N–H and O–H groups in total. The van der Waals surface area contributed by atoms with E-state index in [0.717, 1.165) is 43.5 Å². The fourth-order valence-electron chi connectivity index (χ4n) is 2.57. The van der Waals surface area contributed by atoms with E-state index in [1.54, 1.807) is 0 Å². The summed E-state index contributed by atoms with van der Waals surface area (Å²) in [5.41, 5.74) is 0. The van der Waals surface area contributed by atoms with E-state index >= 15 is 0 Å². The molecule has 2 fully saturated rings. The number of likely N-dealkylation sites (tertiary alicyclic amines) is 1. The van der Waals surface area contributed by atoms with Gasteiger partial charge in [-0.1, -0.05) is 6.92 Å². The van der Waals surface area contributed by atoms with Crippen LogP contribution in [0.25, 0.3) is 0 Å². The summed E-state index contributed by atoms with van der Waals surface area (Å²) in [6.45, 7) is 4.88. The Morgan fingerprint density at radius 2 is 2.31 bits per heavy atom. The SMILES string of the molecule is CC1CC1c1ccc(CN2CC[C@H](O)C2)o1. The first-order valence-electron chi connectivity index (χ1n) is 6.21. The minimum absolute atomic E-state index is 0.141. The Bertz CT molecular complexity index is 374. The van der Waals surface area contributed by atoms with Gasteiger partial charge in [-0.05, 0) is 30.9 Å². The lowest BCUT2D eigenvalue weighted by Gasteiger charge is -2.12. The highest BCUT2D eigenvalue weighted by molar-refractivity contribution is 5.17. The third-order valence-corrected chi connectivity index (χ3v) is 3.78. The number of rotatable bonds is 3. The predicted molar refractivity (Wildman–Crippen MR) is 61.1 cm³/mol. The van der Waals surface area contributed by atoms with Crippen molar-refractivity contribution < 1.29 is 9.52 Å². The predicted octanol–water partition coefficient (Wildman–Crippen LogP) is 1.97. The van der Waals surface area contributed by atoms with Crippen LogP contribution in [0.3, 0.4) is 0 Å². The molecule has 0 bridgehead atoms. The van der Waals surface area contributed by atoms with Gasteiger partial charge in [0.1, 0.15) is 11.5 Å². The molecule has 1 saturated heterocycles. The van der Waals surface area contributed by atoms with Crippen LogP contribution < -0.4 is 0 Å². The van der Waals surface area contributed by atoms with Crippen LogP contribution in [0.5, 0.6) is 0 Å². The van der Waals surface area contributed by atoms with Crippen molar-refractivity contribution in [2.45, 2.75) is 38.3 Å². The van der Waals surface area contributed by atoms with Gasteiger partial charge in [0.25, 0.3) is 0 Å². The molecule has 2 unspecified atom stereocenters. The molecule has 3 nitrogen and oxygen atoms in total. The second-order valence-corrected chi connectivity index (χ2v) is 5.30. The summed E-state index contributed by atoms with van der Waals surface area (Å²) in [6.07, 6.45) is 2.03. The molecule has 1 aromatic heterocycles. The van der Waals surface area contributed by atoms with Gasteiger partial charge in [0, 0.05) is 19.0 Å². The van der Waals surface area contributed by atoms with Crippen LogP contribution in [0, 0.1) is 5.92 Å². The third kappa shape index (κ3) is 2.02. The molecule has 3 rings (SSSR count). The molecule has 1 aromatic rings. The van der Waals surface area contributed by atoms with Crippen LogP contribution >= 0.6 is 0 Å². The molecule has 0 amide bonds. The fraction of sp³-hybridized carbons (Fsp3) is 0.692. The summed E-state index contributed by atoms with van der Waals surface area (Å²) in [4.78, 5) is 2.25. The topological polar surface area (TPSA) is 36.6 Å². The molecule has 1 aliphatic carbocycles. The smallest absolute Gasteiger partial charge is 0.118 e. The monoisotopic (exact) mass is 221 g/mol. The highest BCUT2D eigenvalue weighted by Gasteiger charge is 2.36. The first-order valence-corrected chi connectivity index (χ1v) is 6.21. The van der Waals surface area contributed by atoms with Gasteiger partial charge in [-0.25, -0.2) is 0 Å². The van der Waals surface area contributed by atoms with Crippen LogP contribution in [-0.2, 0) is 6.54 Å². The van der Waals surface area contributed by atoms with Gasteiger partial charge in [-0.15, -0.1) is 0 Å². The van der Waals surface area contributed by atoms with E-state index in [-0.39, 0.29) is 6.10 Å². The summed E-state index contributed by atoms with van der Waals surface area (Å²) < 4.78 is 5.85. The van der Waals surface area contributed by atoms with Crippen molar-refractivity contribution >= 4 is 0 Å². The molecule has 3 heteroatoms. The maximum Gasteiger partial charge on any atom is 0.118 e. The van der Waals surface area contributed by atoms with Gasteiger partial charge in [0.15, 0.2) is 0 Å². The number of aliphatic hydroxyl groups is 1. The average molecular weight is 221 g/mol. The average Bonchev–Trinajstić information content (AvgIpc) is 2.65. The largest absolute Gasteiger partial charge is 0.464 e. The number of hydrogen-bond acceptors (Lipinski definition) is 3. The molecule has 0 spiro atoms. The summed E-state index contributed by atoms with van der Waals surface area (Å²) >= 11 is 0. The molecular formula is C13H19NO2. The third-order valence-electron chi connectivity index (χ3n) is 3.78. The summed E-state index contributed by atoms with van der Waals surface area (Å²) in [5.74, 6) is 3.66. The maximum absolute atomic E-state index is 9.44. The van der Waals surface area contributed by atoms with Crippen LogP contribution in [0.4, 0.5) is 0 Å². The zero-order valence-corrected chi connectivity index (χ0v) is 9.72. The van der Waals surface area contributed by atoms with Gasteiger partial charge < -0.3 is 9.52 Å². The summed E-state index contributed by atoms with van der Waals surface area (Å²) in [5, 5.41) is 9.44. The van der Waals surface area contributed by atoms with E-state index in [2.05, 4.69) is 24.0 Å². The van der Waals surface area contributed by atoms with E-state index in [1.165, 1.54) is 6.42 Å². The quantitative estimate of drug-likeness (QED) is 0.847. The first kappa shape index (κ1) is 10.4. The van der Waals surface area contributed by atoms with Crippen molar-refractivity contribution in [3.8, 4) is 0 Å². The molecule has 3 atom stereocenters. The zero-order chi connectivity index (χ0) is 11.1. The van der Waals surface area contributed by atoms with E-state index in [1.807, 2.05) is 0 Å². The van der Waals surface area contributed by atoms with Crippen LogP contribution in [0.15, 0.2) is 16.5 Å².